The summed E-state index contributed by atoms with van der Waals surface area (Å²) in [6.07, 6.45) is 0. The fraction of sp³-hybridized carbons (Fsp3) is 0.500. The topological polar surface area (TPSA) is 20.3 Å². The Balaban J connectivity index is 2.91. The highest BCUT2D eigenvalue weighted by atomic mass is 35.5. The number of carbonyl (C=O) groups excluding carboxylic acids is 1. The number of benzene rings is 1. The average Bonchev–Trinajstić information content (AvgIpc) is 2.25. The lowest BCUT2D eigenvalue weighted by Gasteiger charge is -2.31. The van der Waals surface area contributed by atoms with Gasteiger partial charge < -0.3 is 4.90 Å². The first kappa shape index (κ1) is 14.0. The van der Waals surface area contributed by atoms with E-state index in [0.29, 0.717) is 5.02 Å². The summed E-state index contributed by atoms with van der Waals surface area (Å²) in [5, 5.41) is 0.700. The second-order valence-corrected chi connectivity index (χ2v) is 5.83. The van der Waals surface area contributed by atoms with Gasteiger partial charge in [-0.05, 0) is 24.6 Å². The van der Waals surface area contributed by atoms with Crippen LogP contribution in [0, 0.1) is 5.41 Å². The molecule has 0 saturated heterocycles. The van der Waals surface area contributed by atoms with Gasteiger partial charge in [0.05, 0.1) is 6.04 Å². The van der Waals surface area contributed by atoms with Crippen LogP contribution in [0.1, 0.15) is 39.3 Å². The number of hydrogen-bond donors (Lipinski definition) is 0. The van der Waals surface area contributed by atoms with E-state index in [1.165, 1.54) is 0 Å². The van der Waals surface area contributed by atoms with Crippen molar-refractivity contribution < 1.29 is 4.79 Å². The number of amides is 1. The third-order valence-electron chi connectivity index (χ3n) is 2.87. The van der Waals surface area contributed by atoms with E-state index < -0.39 is 0 Å². The van der Waals surface area contributed by atoms with Crippen LogP contribution in [0.15, 0.2) is 24.3 Å². The van der Waals surface area contributed by atoms with E-state index in [0.717, 1.165) is 5.56 Å². The molecule has 0 aliphatic rings. The summed E-state index contributed by atoms with van der Waals surface area (Å²) < 4.78 is 0. The molecule has 0 aromatic heterocycles. The van der Waals surface area contributed by atoms with Gasteiger partial charge >= 0.3 is 0 Å². The van der Waals surface area contributed by atoms with Gasteiger partial charge in [-0.1, -0.05) is 44.5 Å². The summed E-state index contributed by atoms with van der Waals surface area (Å²) in [7, 11) is 1.83. The third kappa shape index (κ3) is 3.47. The molecule has 3 heteroatoms. The molecule has 1 amide bonds. The van der Waals surface area contributed by atoms with Gasteiger partial charge in [0.15, 0.2) is 0 Å². The van der Waals surface area contributed by atoms with Crippen molar-refractivity contribution in [2.75, 3.05) is 7.05 Å². The lowest BCUT2D eigenvalue weighted by atomic mass is 9.93. The minimum atomic E-state index is -0.360. The average molecular weight is 254 g/mol. The Hall–Kier alpha value is -1.02. The number of halogens is 1. The zero-order chi connectivity index (χ0) is 13.2. The highest BCUT2D eigenvalue weighted by Gasteiger charge is 2.28. The van der Waals surface area contributed by atoms with Crippen molar-refractivity contribution in [3.63, 3.8) is 0 Å². The van der Waals surface area contributed by atoms with Crippen LogP contribution in [0.2, 0.25) is 5.02 Å². The van der Waals surface area contributed by atoms with Gasteiger partial charge in [-0.25, -0.2) is 0 Å². The van der Waals surface area contributed by atoms with Crippen LogP contribution in [-0.4, -0.2) is 17.9 Å². The summed E-state index contributed by atoms with van der Waals surface area (Å²) in [6.45, 7) is 7.79. The molecule has 0 fully saturated rings. The first-order valence-corrected chi connectivity index (χ1v) is 6.14. The second kappa shape index (κ2) is 5.09. The Kier molecular flexibility index (Phi) is 4.21. The van der Waals surface area contributed by atoms with Crippen molar-refractivity contribution in [2.45, 2.75) is 33.7 Å². The lowest BCUT2D eigenvalue weighted by molar-refractivity contribution is -0.140. The van der Waals surface area contributed by atoms with Crippen molar-refractivity contribution in [1.82, 2.24) is 4.90 Å². The van der Waals surface area contributed by atoms with E-state index in [1.807, 2.05) is 59.0 Å². The fourth-order valence-electron chi connectivity index (χ4n) is 1.70. The number of hydrogen-bond acceptors (Lipinski definition) is 1. The molecular formula is C14H20ClNO. The molecular weight excluding hydrogens is 234 g/mol. The quantitative estimate of drug-likeness (QED) is 0.783. The third-order valence-corrected chi connectivity index (χ3v) is 3.11. The maximum Gasteiger partial charge on any atom is 0.228 e. The van der Waals surface area contributed by atoms with Gasteiger partial charge in [-0.3, -0.25) is 4.79 Å². The van der Waals surface area contributed by atoms with Crippen LogP contribution in [-0.2, 0) is 4.79 Å². The monoisotopic (exact) mass is 253 g/mol. The second-order valence-electron chi connectivity index (χ2n) is 5.40. The van der Waals surface area contributed by atoms with Crippen molar-refractivity contribution in [3.8, 4) is 0 Å². The Morgan fingerprint density at radius 1 is 1.35 bits per heavy atom. The van der Waals surface area contributed by atoms with Crippen molar-refractivity contribution in [2.24, 2.45) is 5.41 Å². The molecule has 2 nitrogen and oxygen atoms in total. The van der Waals surface area contributed by atoms with E-state index >= 15 is 0 Å². The predicted octanol–water partition coefficient (Wildman–Crippen LogP) is 3.91. The zero-order valence-electron chi connectivity index (χ0n) is 11.1. The Morgan fingerprint density at radius 3 is 2.41 bits per heavy atom. The van der Waals surface area contributed by atoms with Gasteiger partial charge in [0, 0.05) is 17.5 Å². The van der Waals surface area contributed by atoms with Crippen LogP contribution >= 0.6 is 11.6 Å². The Labute approximate surface area is 109 Å². The van der Waals surface area contributed by atoms with Crippen molar-refractivity contribution in [3.05, 3.63) is 34.9 Å². The summed E-state index contributed by atoms with van der Waals surface area (Å²) >= 11 is 5.96. The molecule has 0 saturated carbocycles. The van der Waals surface area contributed by atoms with Gasteiger partial charge in [-0.15, -0.1) is 0 Å². The molecule has 17 heavy (non-hydrogen) atoms. The van der Waals surface area contributed by atoms with Crippen molar-refractivity contribution in [1.29, 1.82) is 0 Å². The van der Waals surface area contributed by atoms with Gasteiger partial charge in [0.25, 0.3) is 0 Å². The minimum Gasteiger partial charge on any atom is -0.339 e. The molecule has 1 unspecified atom stereocenters. The van der Waals surface area contributed by atoms with Crippen LogP contribution < -0.4 is 0 Å². The van der Waals surface area contributed by atoms with E-state index in [-0.39, 0.29) is 17.4 Å². The molecule has 94 valence electrons. The number of nitrogens with zero attached hydrogens (tertiary/aromatic N) is 1. The molecule has 1 atom stereocenters. The standard InChI is InChI=1S/C14H20ClNO/c1-10(11-7-6-8-12(15)9-11)16(5)13(17)14(2,3)4/h6-10H,1-5H3. The molecule has 0 spiro atoms. The van der Waals surface area contributed by atoms with E-state index in [1.54, 1.807) is 4.90 Å². The molecule has 1 aromatic carbocycles. The fourth-order valence-corrected chi connectivity index (χ4v) is 1.89. The maximum atomic E-state index is 12.2. The maximum absolute atomic E-state index is 12.2. The molecule has 0 radical (unpaired) electrons. The highest BCUT2D eigenvalue weighted by molar-refractivity contribution is 6.30. The summed E-state index contributed by atoms with van der Waals surface area (Å²) in [5.74, 6) is 0.130. The lowest BCUT2D eigenvalue weighted by Crippen LogP contribution is -2.38. The van der Waals surface area contributed by atoms with Crippen LogP contribution in [0.3, 0.4) is 0 Å². The van der Waals surface area contributed by atoms with Gasteiger partial charge in [0.1, 0.15) is 0 Å². The van der Waals surface area contributed by atoms with Crippen LogP contribution in [0.25, 0.3) is 0 Å². The molecule has 0 bridgehead atoms. The largest absolute Gasteiger partial charge is 0.339 e. The SMILES string of the molecule is CC(c1cccc(Cl)c1)N(C)C(=O)C(C)(C)C. The summed E-state index contributed by atoms with van der Waals surface area (Å²) in [5.41, 5.74) is 0.694. The normalized spacial score (nSPS) is 13.3. The van der Waals surface area contributed by atoms with Gasteiger partial charge in [-0.2, -0.15) is 0 Å². The molecule has 1 rings (SSSR count). The highest BCUT2D eigenvalue weighted by Crippen LogP contribution is 2.26. The molecule has 0 aliphatic heterocycles. The number of rotatable bonds is 2. The Bertz CT molecular complexity index is 409. The molecule has 0 aliphatic carbocycles. The summed E-state index contributed by atoms with van der Waals surface area (Å²) in [6, 6.07) is 7.66. The van der Waals surface area contributed by atoms with E-state index in [2.05, 4.69) is 0 Å². The molecule has 1 aromatic rings. The van der Waals surface area contributed by atoms with Gasteiger partial charge in [0.2, 0.25) is 5.91 Å². The number of carbonyl (C=O) groups is 1. The zero-order valence-corrected chi connectivity index (χ0v) is 11.9. The molecule has 0 heterocycles. The smallest absolute Gasteiger partial charge is 0.228 e. The first-order chi connectivity index (χ1) is 7.73. The minimum absolute atomic E-state index is 0.0282. The summed E-state index contributed by atoms with van der Waals surface area (Å²) in [4.78, 5) is 13.9. The van der Waals surface area contributed by atoms with Crippen molar-refractivity contribution >= 4 is 17.5 Å². The van der Waals surface area contributed by atoms with E-state index in [9.17, 15) is 4.79 Å². The predicted molar refractivity (Wildman–Crippen MR) is 72.1 cm³/mol. The van der Waals surface area contributed by atoms with Crippen LogP contribution in [0.4, 0.5) is 0 Å². The Morgan fingerprint density at radius 2 is 1.94 bits per heavy atom. The first-order valence-electron chi connectivity index (χ1n) is 5.76. The van der Waals surface area contributed by atoms with E-state index in [4.69, 9.17) is 11.6 Å². The molecule has 0 N–H and O–H groups in total. The van der Waals surface area contributed by atoms with Crippen LogP contribution in [0.5, 0.6) is 0 Å².